The van der Waals surface area contributed by atoms with Crippen LogP contribution < -0.4 is 9.47 Å². The molecule has 0 bridgehead atoms. The van der Waals surface area contributed by atoms with Crippen LogP contribution in [0.2, 0.25) is 0 Å². The lowest BCUT2D eigenvalue weighted by Gasteiger charge is -2.12. The molecule has 1 saturated carbocycles. The molecular weight excluding hydrogens is 300 g/mol. The van der Waals surface area contributed by atoms with E-state index in [1.54, 1.807) is 25.7 Å². The van der Waals surface area contributed by atoms with E-state index >= 15 is 0 Å². The van der Waals surface area contributed by atoms with Crippen LogP contribution in [-0.4, -0.2) is 17.1 Å². The summed E-state index contributed by atoms with van der Waals surface area (Å²) in [5.74, 6) is 2.81. The summed E-state index contributed by atoms with van der Waals surface area (Å²) in [6.45, 7) is 0. The van der Waals surface area contributed by atoms with Crippen LogP contribution in [0.25, 0.3) is 11.1 Å². The average Bonchev–Trinajstić information content (AvgIpc) is 3.48. The van der Waals surface area contributed by atoms with E-state index < -0.39 is 0 Å². The van der Waals surface area contributed by atoms with Crippen molar-refractivity contribution in [1.82, 2.24) is 9.97 Å². The Morgan fingerprint density at radius 1 is 0.958 bits per heavy atom. The van der Waals surface area contributed by atoms with Crippen LogP contribution in [0, 0.1) is 0 Å². The first-order chi connectivity index (χ1) is 11.8. The molecule has 1 aliphatic rings. The monoisotopic (exact) mass is 318 g/mol. The second-order valence-corrected chi connectivity index (χ2v) is 5.88. The maximum absolute atomic E-state index is 6.02. The number of aromatic nitrogens is 2. The maximum Gasteiger partial charge on any atom is 0.227 e. The number of pyridine rings is 2. The largest absolute Gasteiger partial charge is 0.496 e. The van der Waals surface area contributed by atoms with Gasteiger partial charge in [0.2, 0.25) is 5.88 Å². The van der Waals surface area contributed by atoms with Gasteiger partial charge in [0.25, 0.3) is 0 Å². The summed E-state index contributed by atoms with van der Waals surface area (Å²) < 4.78 is 11.5. The zero-order valence-electron chi connectivity index (χ0n) is 13.5. The van der Waals surface area contributed by atoms with Gasteiger partial charge in [-0.25, -0.2) is 4.98 Å². The molecule has 0 radical (unpaired) electrons. The highest BCUT2D eigenvalue weighted by molar-refractivity contribution is 5.73. The molecule has 1 fully saturated rings. The lowest BCUT2D eigenvalue weighted by molar-refractivity contribution is 0.415. The number of nitrogens with zero attached hydrogens (tertiary/aromatic N) is 2. The molecule has 2 aromatic heterocycles. The average molecular weight is 318 g/mol. The van der Waals surface area contributed by atoms with Crippen molar-refractivity contribution in [3.8, 4) is 28.5 Å². The van der Waals surface area contributed by atoms with Gasteiger partial charge in [-0.3, -0.25) is 4.98 Å². The highest BCUT2D eigenvalue weighted by Crippen LogP contribution is 2.41. The highest BCUT2D eigenvalue weighted by Gasteiger charge is 2.23. The molecule has 120 valence electrons. The van der Waals surface area contributed by atoms with Crippen molar-refractivity contribution < 1.29 is 9.47 Å². The third-order valence-corrected chi connectivity index (χ3v) is 4.21. The summed E-state index contributed by atoms with van der Waals surface area (Å²) in [5.41, 5.74) is 3.10. The number of hydrogen-bond acceptors (Lipinski definition) is 4. The first-order valence-corrected chi connectivity index (χ1v) is 8.06. The standard InChI is InChI=1S/C20H18N2O2/c1-23-19-10-12-21-13-18(19)17-3-2-11-22-20(17)24-16-8-6-15(7-9-16)14-4-5-14/h2-3,6-14H,4-5H2,1H3. The van der Waals surface area contributed by atoms with E-state index in [1.807, 2.05) is 30.3 Å². The molecule has 0 unspecified atom stereocenters. The normalized spacial score (nSPS) is 13.5. The van der Waals surface area contributed by atoms with Crippen LogP contribution in [0.3, 0.4) is 0 Å². The van der Waals surface area contributed by atoms with Gasteiger partial charge in [0.15, 0.2) is 0 Å². The number of methoxy groups -OCH3 is 1. The Labute approximate surface area is 141 Å². The van der Waals surface area contributed by atoms with Crippen LogP contribution in [0.15, 0.2) is 61.1 Å². The summed E-state index contributed by atoms with van der Waals surface area (Å²) in [4.78, 5) is 8.58. The molecule has 4 nitrogen and oxygen atoms in total. The molecule has 4 rings (SSSR count). The van der Waals surface area contributed by atoms with E-state index in [0.29, 0.717) is 5.88 Å². The van der Waals surface area contributed by atoms with E-state index in [2.05, 4.69) is 22.1 Å². The maximum atomic E-state index is 6.02. The van der Waals surface area contributed by atoms with Gasteiger partial charge in [0.1, 0.15) is 11.5 Å². The lowest BCUT2D eigenvalue weighted by atomic mass is 10.1. The van der Waals surface area contributed by atoms with E-state index in [1.165, 1.54) is 18.4 Å². The fourth-order valence-corrected chi connectivity index (χ4v) is 2.78. The van der Waals surface area contributed by atoms with Crippen molar-refractivity contribution in [3.63, 3.8) is 0 Å². The third kappa shape index (κ3) is 2.95. The van der Waals surface area contributed by atoms with Crippen LogP contribution >= 0.6 is 0 Å². The molecular formula is C20H18N2O2. The van der Waals surface area contributed by atoms with Crippen LogP contribution in [0.4, 0.5) is 0 Å². The lowest BCUT2D eigenvalue weighted by Crippen LogP contribution is -1.94. The summed E-state index contributed by atoms with van der Waals surface area (Å²) in [5, 5.41) is 0. The quantitative estimate of drug-likeness (QED) is 0.676. The van der Waals surface area contributed by atoms with E-state index in [4.69, 9.17) is 9.47 Å². The van der Waals surface area contributed by atoms with Crippen LogP contribution in [-0.2, 0) is 0 Å². The second-order valence-electron chi connectivity index (χ2n) is 5.88. The molecule has 4 heteroatoms. The van der Waals surface area contributed by atoms with Crippen molar-refractivity contribution >= 4 is 0 Å². The molecule has 0 saturated heterocycles. The van der Waals surface area contributed by atoms with E-state index in [-0.39, 0.29) is 0 Å². The molecule has 0 amide bonds. The fourth-order valence-electron chi connectivity index (χ4n) is 2.78. The van der Waals surface area contributed by atoms with Crippen LogP contribution in [0.5, 0.6) is 17.4 Å². The zero-order chi connectivity index (χ0) is 16.4. The van der Waals surface area contributed by atoms with Crippen LogP contribution in [0.1, 0.15) is 24.3 Å². The van der Waals surface area contributed by atoms with Gasteiger partial charge in [0.05, 0.1) is 7.11 Å². The van der Waals surface area contributed by atoms with Gasteiger partial charge < -0.3 is 9.47 Å². The van der Waals surface area contributed by atoms with Gasteiger partial charge in [-0.05, 0) is 54.7 Å². The minimum absolute atomic E-state index is 0.544. The Balaban J connectivity index is 1.66. The minimum atomic E-state index is 0.544. The molecule has 0 aliphatic heterocycles. The minimum Gasteiger partial charge on any atom is -0.496 e. The Morgan fingerprint density at radius 3 is 2.54 bits per heavy atom. The number of benzene rings is 1. The summed E-state index contributed by atoms with van der Waals surface area (Å²) in [7, 11) is 1.65. The number of rotatable bonds is 5. The Morgan fingerprint density at radius 2 is 1.79 bits per heavy atom. The molecule has 0 spiro atoms. The SMILES string of the molecule is COc1ccncc1-c1cccnc1Oc1ccc(C2CC2)cc1. The fraction of sp³-hybridized carbons (Fsp3) is 0.200. The first-order valence-electron chi connectivity index (χ1n) is 8.06. The molecule has 1 aliphatic carbocycles. The van der Waals surface area contributed by atoms with Crippen molar-refractivity contribution in [3.05, 3.63) is 66.6 Å². The first kappa shape index (κ1) is 14.7. The smallest absolute Gasteiger partial charge is 0.227 e. The van der Waals surface area contributed by atoms with Gasteiger partial charge >= 0.3 is 0 Å². The Bertz CT molecular complexity index is 842. The van der Waals surface area contributed by atoms with Crippen molar-refractivity contribution in [2.45, 2.75) is 18.8 Å². The Kier molecular flexibility index (Phi) is 3.87. The molecule has 0 atom stereocenters. The van der Waals surface area contributed by atoms with Crippen molar-refractivity contribution in [2.24, 2.45) is 0 Å². The molecule has 2 heterocycles. The summed E-state index contributed by atoms with van der Waals surface area (Å²) in [6.07, 6.45) is 7.78. The zero-order valence-corrected chi connectivity index (χ0v) is 13.5. The molecule has 24 heavy (non-hydrogen) atoms. The molecule has 0 N–H and O–H groups in total. The van der Waals surface area contributed by atoms with Crippen molar-refractivity contribution in [1.29, 1.82) is 0 Å². The predicted molar refractivity (Wildman–Crippen MR) is 92.5 cm³/mol. The van der Waals surface area contributed by atoms with Gasteiger partial charge in [0, 0.05) is 29.7 Å². The number of hydrogen-bond donors (Lipinski definition) is 0. The Hall–Kier alpha value is -2.88. The predicted octanol–water partition coefficient (Wildman–Crippen LogP) is 4.82. The van der Waals surface area contributed by atoms with Gasteiger partial charge in [-0.15, -0.1) is 0 Å². The topological polar surface area (TPSA) is 44.2 Å². The van der Waals surface area contributed by atoms with Crippen molar-refractivity contribution in [2.75, 3.05) is 7.11 Å². The third-order valence-electron chi connectivity index (χ3n) is 4.21. The number of ether oxygens (including phenoxy) is 2. The van der Waals surface area contributed by atoms with E-state index in [9.17, 15) is 0 Å². The van der Waals surface area contributed by atoms with Gasteiger partial charge in [-0.2, -0.15) is 0 Å². The van der Waals surface area contributed by atoms with Gasteiger partial charge in [-0.1, -0.05) is 12.1 Å². The highest BCUT2D eigenvalue weighted by atomic mass is 16.5. The summed E-state index contributed by atoms with van der Waals surface area (Å²) >= 11 is 0. The molecule has 3 aromatic rings. The molecule has 1 aromatic carbocycles. The summed E-state index contributed by atoms with van der Waals surface area (Å²) in [6, 6.07) is 14.0. The van der Waals surface area contributed by atoms with E-state index in [0.717, 1.165) is 28.5 Å². The second kappa shape index (κ2) is 6.32.